The molecule has 0 saturated carbocycles. The highest BCUT2D eigenvalue weighted by molar-refractivity contribution is 6.36. The zero-order valence-electron chi connectivity index (χ0n) is 18.1. The SMILES string of the molecule is Cc1ccc(N2C(=O)c3cccc4c(NCC(C)C(O)O)c(C)cc(c34)C2=O)c(C)c1. The lowest BCUT2D eigenvalue weighted by atomic mass is 9.90. The van der Waals surface area contributed by atoms with Gasteiger partial charge in [0.25, 0.3) is 11.8 Å². The third kappa shape index (κ3) is 3.48. The van der Waals surface area contributed by atoms with E-state index in [1.54, 1.807) is 19.1 Å². The van der Waals surface area contributed by atoms with Crippen LogP contribution >= 0.6 is 0 Å². The molecule has 1 atom stereocenters. The Balaban J connectivity index is 1.86. The molecule has 0 spiro atoms. The molecule has 4 rings (SSSR count). The lowest BCUT2D eigenvalue weighted by Crippen LogP contribution is -2.41. The molecule has 31 heavy (non-hydrogen) atoms. The van der Waals surface area contributed by atoms with Crippen molar-refractivity contribution in [3.63, 3.8) is 0 Å². The molecular weight excluding hydrogens is 392 g/mol. The molecule has 2 amide bonds. The van der Waals surface area contributed by atoms with E-state index in [2.05, 4.69) is 5.32 Å². The second-order valence-corrected chi connectivity index (χ2v) is 8.35. The molecule has 0 bridgehead atoms. The van der Waals surface area contributed by atoms with E-state index in [4.69, 9.17) is 0 Å². The number of anilines is 2. The smallest absolute Gasteiger partial charge is 0.266 e. The van der Waals surface area contributed by atoms with Crippen LogP contribution in [0.25, 0.3) is 10.8 Å². The lowest BCUT2D eigenvalue weighted by molar-refractivity contribution is -0.0745. The summed E-state index contributed by atoms with van der Waals surface area (Å²) in [6, 6.07) is 12.9. The van der Waals surface area contributed by atoms with Crippen molar-refractivity contribution in [2.75, 3.05) is 16.8 Å². The summed E-state index contributed by atoms with van der Waals surface area (Å²) in [6.07, 6.45) is -1.43. The maximum absolute atomic E-state index is 13.5. The first-order valence-corrected chi connectivity index (χ1v) is 10.3. The van der Waals surface area contributed by atoms with E-state index in [1.807, 2.05) is 51.1 Å². The maximum Gasteiger partial charge on any atom is 0.266 e. The van der Waals surface area contributed by atoms with Crippen LogP contribution in [0, 0.1) is 26.7 Å². The predicted molar refractivity (Wildman–Crippen MR) is 122 cm³/mol. The number of aliphatic hydroxyl groups excluding tert-OH is 1. The molecule has 0 radical (unpaired) electrons. The molecule has 160 valence electrons. The van der Waals surface area contributed by atoms with Crippen LogP contribution < -0.4 is 10.2 Å². The number of carbonyl (C=O) groups is 2. The molecule has 0 saturated heterocycles. The van der Waals surface area contributed by atoms with E-state index in [-0.39, 0.29) is 17.7 Å². The standard InChI is InChI=1S/C25H26N2O4/c1-13-8-9-20(14(2)10-13)27-23(28)18-7-5-6-17-21(18)19(24(27)29)11-15(3)22(17)26-12-16(4)25(30)31/h5-11,16,25-26,30-31H,12H2,1-4H3. The summed E-state index contributed by atoms with van der Waals surface area (Å²) in [4.78, 5) is 28.2. The summed E-state index contributed by atoms with van der Waals surface area (Å²) < 4.78 is 0. The van der Waals surface area contributed by atoms with Gasteiger partial charge in [0.1, 0.15) is 0 Å². The van der Waals surface area contributed by atoms with Gasteiger partial charge in [-0.1, -0.05) is 36.8 Å². The zero-order valence-corrected chi connectivity index (χ0v) is 18.1. The van der Waals surface area contributed by atoms with E-state index >= 15 is 0 Å². The number of nitrogens with one attached hydrogen (secondary N) is 1. The number of hydrogen-bond acceptors (Lipinski definition) is 5. The highest BCUT2D eigenvalue weighted by atomic mass is 16.5. The van der Waals surface area contributed by atoms with Gasteiger partial charge < -0.3 is 15.5 Å². The molecule has 3 N–H and O–H groups in total. The number of aryl methyl sites for hydroxylation is 3. The number of imide groups is 1. The molecule has 1 aliphatic heterocycles. The number of amides is 2. The van der Waals surface area contributed by atoms with Gasteiger partial charge in [0, 0.05) is 40.0 Å². The quantitative estimate of drug-likeness (QED) is 0.432. The average molecular weight is 418 g/mol. The van der Waals surface area contributed by atoms with Crippen LogP contribution in [0.4, 0.5) is 11.4 Å². The molecule has 6 heteroatoms. The summed E-state index contributed by atoms with van der Waals surface area (Å²) in [7, 11) is 0. The topological polar surface area (TPSA) is 89.9 Å². The summed E-state index contributed by atoms with van der Waals surface area (Å²) in [5.41, 5.74) is 5.12. The maximum atomic E-state index is 13.5. The lowest BCUT2D eigenvalue weighted by Gasteiger charge is -2.30. The molecule has 1 heterocycles. The molecular formula is C25H26N2O4. The second kappa shape index (κ2) is 7.80. The minimum Gasteiger partial charge on any atom is -0.384 e. The zero-order chi connectivity index (χ0) is 22.4. The number of nitrogens with zero attached hydrogens (tertiary/aromatic N) is 1. The first-order valence-electron chi connectivity index (χ1n) is 10.3. The minimum atomic E-state index is -1.43. The molecule has 0 aliphatic carbocycles. The Morgan fingerprint density at radius 2 is 1.65 bits per heavy atom. The molecule has 6 nitrogen and oxygen atoms in total. The molecule has 1 unspecified atom stereocenters. The molecule has 0 fully saturated rings. The number of carbonyl (C=O) groups excluding carboxylic acids is 2. The van der Waals surface area contributed by atoms with E-state index in [9.17, 15) is 19.8 Å². The third-order valence-corrected chi connectivity index (χ3v) is 5.93. The predicted octanol–water partition coefficient (Wildman–Crippen LogP) is 3.92. The normalized spacial score (nSPS) is 14.5. The van der Waals surface area contributed by atoms with Crippen LogP contribution in [-0.2, 0) is 0 Å². The highest BCUT2D eigenvalue weighted by Crippen LogP contribution is 2.38. The average Bonchev–Trinajstić information content (AvgIpc) is 2.72. The van der Waals surface area contributed by atoms with Gasteiger partial charge in [-0.3, -0.25) is 9.59 Å². The fourth-order valence-electron chi connectivity index (χ4n) is 4.18. The van der Waals surface area contributed by atoms with Gasteiger partial charge in [0.2, 0.25) is 0 Å². The van der Waals surface area contributed by atoms with Gasteiger partial charge in [-0.25, -0.2) is 4.90 Å². The van der Waals surface area contributed by atoms with Gasteiger partial charge in [0.15, 0.2) is 6.29 Å². The first-order chi connectivity index (χ1) is 14.7. The van der Waals surface area contributed by atoms with E-state index in [0.29, 0.717) is 28.7 Å². The van der Waals surface area contributed by atoms with Crippen LogP contribution in [0.15, 0.2) is 42.5 Å². The van der Waals surface area contributed by atoms with Crippen LogP contribution in [0.2, 0.25) is 0 Å². The molecule has 1 aliphatic rings. The second-order valence-electron chi connectivity index (χ2n) is 8.35. The van der Waals surface area contributed by atoms with Crippen molar-refractivity contribution in [2.45, 2.75) is 34.0 Å². The van der Waals surface area contributed by atoms with Crippen molar-refractivity contribution in [3.05, 3.63) is 70.3 Å². The Bertz CT molecular complexity index is 1220. The largest absolute Gasteiger partial charge is 0.384 e. The first kappa shape index (κ1) is 21.0. The third-order valence-electron chi connectivity index (χ3n) is 5.93. The van der Waals surface area contributed by atoms with Gasteiger partial charge >= 0.3 is 0 Å². The summed E-state index contributed by atoms with van der Waals surface area (Å²) >= 11 is 0. The van der Waals surface area contributed by atoms with Crippen LogP contribution in [-0.4, -0.2) is 34.9 Å². The van der Waals surface area contributed by atoms with Gasteiger partial charge in [-0.05, 0) is 50.1 Å². The molecule has 3 aromatic carbocycles. The van der Waals surface area contributed by atoms with Crippen LogP contribution in [0.3, 0.4) is 0 Å². The Morgan fingerprint density at radius 1 is 0.935 bits per heavy atom. The van der Waals surface area contributed by atoms with Gasteiger partial charge in [-0.2, -0.15) is 0 Å². The fraction of sp³-hybridized carbons (Fsp3) is 0.280. The van der Waals surface area contributed by atoms with Crippen molar-refractivity contribution >= 4 is 34.0 Å². The number of hydrogen-bond donors (Lipinski definition) is 3. The Hall–Kier alpha value is -3.22. The van der Waals surface area contributed by atoms with Crippen molar-refractivity contribution in [1.82, 2.24) is 0 Å². The Morgan fingerprint density at radius 3 is 2.32 bits per heavy atom. The fourth-order valence-corrected chi connectivity index (χ4v) is 4.18. The summed E-state index contributed by atoms with van der Waals surface area (Å²) in [6.45, 7) is 7.84. The van der Waals surface area contributed by atoms with Crippen molar-refractivity contribution in [3.8, 4) is 0 Å². The van der Waals surface area contributed by atoms with Crippen molar-refractivity contribution in [1.29, 1.82) is 0 Å². The highest BCUT2D eigenvalue weighted by Gasteiger charge is 2.35. The minimum absolute atomic E-state index is 0.338. The van der Waals surface area contributed by atoms with Crippen LogP contribution in [0.5, 0.6) is 0 Å². The monoisotopic (exact) mass is 418 g/mol. The summed E-state index contributed by atoms with van der Waals surface area (Å²) in [5, 5.41) is 23.4. The summed E-state index contributed by atoms with van der Waals surface area (Å²) in [5.74, 6) is -1.06. The number of aliphatic hydroxyl groups is 2. The van der Waals surface area contributed by atoms with Crippen molar-refractivity contribution in [2.24, 2.45) is 5.92 Å². The number of benzene rings is 3. The molecule has 0 aromatic heterocycles. The van der Waals surface area contributed by atoms with Gasteiger partial charge in [-0.15, -0.1) is 0 Å². The van der Waals surface area contributed by atoms with Gasteiger partial charge in [0.05, 0.1) is 5.69 Å². The molecule has 3 aromatic rings. The van der Waals surface area contributed by atoms with E-state index < -0.39 is 6.29 Å². The van der Waals surface area contributed by atoms with Crippen molar-refractivity contribution < 1.29 is 19.8 Å². The van der Waals surface area contributed by atoms with E-state index in [1.165, 1.54) is 4.90 Å². The van der Waals surface area contributed by atoms with Crippen LogP contribution in [0.1, 0.15) is 44.3 Å². The van der Waals surface area contributed by atoms with E-state index in [0.717, 1.165) is 27.8 Å². The Kier molecular flexibility index (Phi) is 5.29. The Labute approximate surface area is 181 Å². The number of rotatable bonds is 5.